The first kappa shape index (κ1) is 18.1. The first-order chi connectivity index (χ1) is 11.6. The number of carbonyl (C=O) groups excluding carboxylic acids is 2. The highest BCUT2D eigenvalue weighted by atomic mass is 32.1. The molecule has 5 nitrogen and oxygen atoms in total. The van der Waals surface area contributed by atoms with Crippen molar-refractivity contribution in [3.8, 4) is 0 Å². The molecule has 1 heterocycles. The Labute approximate surface area is 144 Å². The Kier molecular flexibility index (Phi) is 6.89. The number of imide groups is 1. The van der Waals surface area contributed by atoms with E-state index in [0.29, 0.717) is 12.1 Å². The first-order valence-electron chi connectivity index (χ1n) is 7.64. The lowest BCUT2D eigenvalue weighted by Crippen LogP contribution is -2.44. The van der Waals surface area contributed by atoms with Gasteiger partial charge in [0.25, 0.3) is 0 Å². The number of rotatable bonds is 7. The van der Waals surface area contributed by atoms with E-state index < -0.39 is 11.9 Å². The number of benzene rings is 1. The Bertz CT molecular complexity index is 676. The summed E-state index contributed by atoms with van der Waals surface area (Å²) in [6.07, 6.45) is 0.724. The SMILES string of the molecule is CC(NCC(=O)NC(=O)NCCc1cccs1)c1ccccc1F. The summed E-state index contributed by atoms with van der Waals surface area (Å²) in [4.78, 5) is 24.5. The van der Waals surface area contributed by atoms with Crippen molar-refractivity contribution in [3.05, 3.63) is 58.0 Å². The summed E-state index contributed by atoms with van der Waals surface area (Å²) in [5, 5.41) is 9.73. The van der Waals surface area contributed by atoms with Gasteiger partial charge in [0.1, 0.15) is 5.82 Å². The molecule has 2 aromatic rings. The van der Waals surface area contributed by atoms with Crippen LogP contribution in [0, 0.1) is 5.82 Å². The molecule has 0 aliphatic rings. The van der Waals surface area contributed by atoms with Crippen LogP contribution in [0.1, 0.15) is 23.4 Å². The molecule has 0 bridgehead atoms. The maximum absolute atomic E-state index is 13.6. The van der Waals surface area contributed by atoms with Crippen molar-refractivity contribution >= 4 is 23.3 Å². The zero-order valence-electron chi connectivity index (χ0n) is 13.3. The van der Waals surface area contributed by atoms with Gasteiger partial charge in [0, 0.05) is 23.0 Å². The summed E-state index contributed by atoms with van der Waals surface area (Å²) in [6, 6.07) is 9.44. The smallest absolute Gasteiger partial charge is 0.321 e. The van der Waals surface area contributed by atoms with Crippen molar-refractivity contribution in [2.24, 2.45) is 0 Å². The van der Waals surface area contributed by atoms with Gasteiger partial charge >= 0.3 is 6.03 Å². The van der Waals surface area contributed by atoms with Gasteiger partial charge in [-0.25, -0.2) is 9.18 Å². The summed E-state index contributed by atoms with van der Waals surface area (Å²) in [6.45, 7) is 2.14. The van der Waals surface area contributed by atoms with E-state index in [1.54, 1.807) is 36.5 Å². The fraction of sp³-hybridized carbons (Fsp3) is 0.294. The molecule has 128 valence electrons. The molecule has 1 aromatic carbocycles. The van der Waals surface area contributed by atoms with E-state index in [1.807, 2.05) is 17.5 Å². The van der Waals surface area contributed by atoms with Crippen LogP contribution in [0.5, 0.6) is 0 Å². The summed E-state index contributed by atoms with van der Waals surface area (Å²) in [5.41, 5.74) is 0.477. The molecule has 2 rings (SSSR count). The van der Waals surface area contributed by atoms with E-state index in [9.17, 15) is 14.0 Å². The highest BCUT2D eigenvalue weighted by molar-refractivity contribution is 7.09. The Morgan fingerprint density at radius 1 is 1.21 bits per heavy atom. The highest BCUT2D eigenvalue weighted by Crippen LogP contribution is 2.15. The van der Waals surface area contributed by atoms with Gasteiger partial charge in [-0.15, -0.1) is 11.3 Å². The molecule has 0 radical (unpaired) electrons. The molecule has 3 N–H and O–H groups in total. The zero-order chi connectivity index (χ0) is 17.4. The van der Waals surface area contributed by atoms with Gasteiger partial charge < -0.3 is 10.6 Å². The minimum Gasteiger partial charge on any atom is -0.337 e. The maximum Gasteiger partial charge on any atom is 0.321 e. The van der Waals surface area contributed by atoms with Gasteiger partial charge in [0.2, 0.25) is 5.91 Å². The number of hydrogen-bond donors (Lipinski definition) is 3. The van der Waals surface area contributed by atoms with Crippen LogP contribution < -0.4 is 16.0 Å². The summed E-state index contributed by atoms with van der Waals surface area (Å²) in [7, 11) is 0. The summed E-state index contributed by atoms with van der Waals surface area (Å²) in [5.74, 6) is -0.795. The first-order valence-corrected chi connectivity index (χ1v) is 8.52. The minimum atomic E-state index is -0.531. The third-order valence-electron chi connectivity index (χ3n) is 3.43. The lowest BCUT2D eigenvalue weighted by atomic mass is 10.1. The Morgan fingerprint density at radius 2 is 2.00 bits per heavy atom. The number of hydrogen-bond acceptors (Lipinski definition) is 4. The standard InChI is InChI=1S/C17H20FN3O2S/c1-12(14-6-2-3-7-15(14)18)20-11-16(22)21-17(23)19-9-8-13-5-4-10-24-13/h2-7,10,12,20H,8-9,11H2,1H3,(H2,19,21,22,23). The summed E-state index contributed by atoms with van der Waals surface area (Å²) < 4.78 is 13.6. The number of urea groups is 1. The Balaban J connectivity index is 1.67. The monoisotopic (exact) mass is 349 g/mol. The second-order valence-corrected chi connectivity index (χ2v) is 6.29. The third kappa shape index (κ3) is 5.75. The van der Waals surface area contributed by atoms with Crippen molar-refractivity contribution in [2.75, 3.05) is 13.1 Å². The fourth-order valence-corrected chi connectivity index (χ4v) is 2.86. The van der Waals surface area contributed by atoms with Gasteiger partial charge in [-0.2, -0.15) is 0 Å². The molecule has 0 aliphatic carbocycles. The molecular formula is C17H20FN3O2S. The van der Waals surface area contributed by atoms with Gasteiger partial charge in [0.05, 0.1) is 6.54 Å². The van der Waals surface area contributed by atoms with Crippen molar-refractivity contribution in [1.82, 2.24) is 16.0 Å². The number of halogens is 1. The Morgan fingerprint density at radius 3 is 2.71 bits per heavy atom. The topological polar surface area (TPSA) is 70.2 Å². The van der Waals surface area contributed by atoms with Gasteiger partial charge in [0.15, 0.2) is 0 Å². The van der Waals surface area contributed by atoms with Crippen LogP contribution in [0.15, 0.2) is 41.8 Å². The molecule has 0 spiro atoms. The summed E-state index contributed by atoms with van der Waals surface area (Å²) >= 11 is 1.62. The van der Waals surface area contributed by atoms with Crippen LogP contribution in [0.2, 0.25) is 0 Å². The molecule has 7 heteroatoms. The van der Waals surface area contributed by atoms with Crippen molar-refractivity contribution in [3.63, 3.8) is 0 Å². The van der Waals surface area contributed by atoms with Gasteiger partial charge in [-0.05, 0) is 30.9 Å². The van der Waals surface area contributed by atoms with Gasteiger partial charge in [-0.3, -0.25) is 10.1 Å². The van der Waals surface area contributed by atoms with Crippen molar-refractivity contribution in [1.29, 1.82) is 0 Å². The fourth-order valence-electron chi connectivity index (χ4n) is 2.15. The number of carbonyl (C=O) groups is 2. The molecule has 0 saturated carbocycles. The molecule has 1 atom stereocenters. The number of amides is 3. The number of nitrogens with one attached hydrogen (secondary N) is 3. The van der Waals surface area contributed by atoms with E-state index in [0.717, 1.165) is 6.42 Å². The van der Waals surface area contributed by atoms with Crippen LogP contribution in [0.25, 0.3) is 0 Å². The van der Waals surface area contributed by atoms with Gasteiger partial charge in [-0.1, -0.05) is 24.3 Å². The maximum atomic E-state index is 13.6. The normalized spacial score (nSPS) is 11.8. The lowest BCUT2D eigenvalue weighted by molar-refractivity contribution is -0.119. The lowest BCUT2D eigenvalue weighted by Gasteiger charge is -2.14. The molecule has 0 fully saturated rings. The predicted molar refractivity (Wildman–Crippen MR) is 92.4 cm³/mol. The average Bonchev–Trinajstić information content (AvgIpc) is 3.06. The Hall–Kier alpha value is -2.25. The molecule has 0 aliphatic heterocycles. The molecule has 24 heavy (non-hydrogen) atoms. The number of thiophene rings is 1. The second kappa shape index (κ2) is 9.14. The second-order valence-electron chi connectivity index (χ2n) is 5.26. The van der Waals surface area contributed by atoms with E-state index in [4.69, 9.17) is 0 Å². The molecule has 1 unspecified atom stereocenters. The van der Waals surface area contributed by atoms with Crippen molar-refractivity contribution in [2.45, 2.75) is 19.4 Å². The van der Waals surface area contributed by atoms with Crippen LogP contribution in [-0.2, 0) is 11.2 Å². The van der Waals surface area contributed by atoms with Crippen LogP contribution in [-0.4, -0.2) is 25.0 Å². The van der Waals surface area contributed by atoms with Crippen molar-refractivity contribution < 1.29 is 14.0 Å². The van der Waals surface area contributed by atoms with Crippen LogP contribution in [0.3, 0.4) is 0 Å². The van der Waals surface area contributed by atoms with E-state index in [1.165, 1.54) is 10.9 Å². The molecule has 3 amide bonds. The quantitative estimate of drug-likeness (QED) is 0.720. The van der Waals surface area contributed by atoms with E-state index in [-0.39, 0.29) is 18.4 Å². The van der Waals surface area contributed by atoms with E-state index >= 15 is 0 Å². The highest BCUT2D eigenvalue weighted by Gasteiger charge is 2.12. The molecular weight excluding hydrogens is 329 g/mol. The molecule has 0 saturated heterocycles. The third-order valence-corrected chi connectivity index (χ3v) is 4.37. The zero-order valence-corrected chi connectivity index (χ0v) is 14.2. The average molecular weight is 349 g/mol. The molecule has 1 aromatic heterocycles. The minimum absolute atomic E-state index is 0.0756. The largest absolute Gasteiger partial charge is 0.337 e. The van der Waals surface area contributed by atoms with Crippen LogP contribution in [0.4, 0.5) is 9.18 Å². The van der Waals surface area contributed by atoms with Crippen LogP contribution >= 0.6 is 11.3 Å². The van der Waals surface area contributed by atoms with E-state index in [2.05, 4.69) is 16.0 Å². The predicted octanol–water partition coefficient (Wildman–Crippen LogP) is 2.61.